The lowest BCUT2D eigenvalue weighted by Crippen LogP contribution is -2.46. The number of hydrogen-bond acceptors (Lipinski definition) is 9. The summed E-state index contributed by atoms with van der Waals surface area (Å²) < 4.78 is 37.3. The number of rotatable bonds is 12. The zero-order valence-electron chi connectivity index (χ0n) is 51.7. The molecular weight excluding hydrogens is 1240 g/mol. The van der Waals surface area contributed by atoms with Crippen LogP contribution in [0.5, 0.6) is 0 Å². The van der Waals surface area contributed by atoms with E-state index in [4.69, 9.17) is 43.5 Å². The Bertz CT molecular complexity index is 5310. The highest BCUT2D eigenvalue weighted by atomic mass is 31.3. The van der Waals surface area contributed by atoms with E-state index in [-0.39, 0.29) is 0 Å². The van der Waals surface area contributed by atoms with Crippen molar-refractivity contribution >= 4 is 22.5 Å². The quantitative estimate of drug-likeness (QED) is 0.108. The molecule has 0 saturated carbocycles. The molecule has 456 valence electrons. The summed E-state index contributed by atoms with van der Waals surface area (Å²) in [6.45, 7) is 0. The van der Waals surface area contributed by atoms with Gasteiger partial charge in [-0.05, 0) is 36.4 Å². The van der Waals surface area contributed by atoms with Gasteiger partial charge in [-0.25, -0.2) is 30.0 Å². The Balaban J connectivity index is 1.19. The van der Waals surface area contributed by atoms with Gasteiger partial charge in [0.1, 0.15) is 32.1 Å². The average Bonchev–Trinajstić information content (AvgIpc) is 1.44. The number of nitrogens with zero attached hydrogens (tertiary/aromatic N) is 15. The largest absolute Gasteiger partial charge is 0.617 e. The maximum atomic E-state index is 7.38. The van der Waals surface area contributed by atoms with E-state index >= 15 is 0 Å². The monoisotopic (exact) mass is 1300 g/mol. The number of fused-ring (bicyclic) bond motifs is 6. The van der Waals surface area contributed by atoms with Gasteiger partial charge in [0, 0.05) is 83.3 Å². The van der Waals surface area contributed by atoms with Crippen LogP contribution >= 0.6 is 22.5 Å². The molecule has 18 heteroatoms. The number of benzene rings is 12. The molecule has 0 spiro atoms. The van der Waals surface area contributed by atoms with Crippen molar-refractivity contribution in [3.8, 4) is 0 Å². The normalized spacial score (nSPS) is 24.4. The summed E-state index contributed by atoms with van der Waals surface area (Å²) >= 11 is 0. The third kappa shape index (κ3) is 8.70. The second kappa shape index (κ2) is 22.6. The Labute approximate surface area is 551 Å². The van der Waals surface area contributed by atoms with E-state index in [2.05, 4.69) is 354 Å². The fraction of sp³-hybridized carbons (Fsp3) is 0.0769. The van der Waals surface area contributed by atoms with Crippen molar-refractivity contribution in [3.63, 3.8) is 0 Å². The Kier molecular flexibility index (Phi) is 13.3. The molecule has 96 heavy (non-hydrogen) atoms. The van der Waals surface area contributed by atoms with Gasteiger partial charge >= 0.3 is 22.5 Å². The molecule has 7 heterocycles. The van der Waals surface area contributed by atoms with Crippen LogP contribution < -0.4 is 90.4 Å². The molecule has 0 radical (unpaired) electrons. The van der Waals surface area contributed by atoms with Gasteiger partial charge in [0.2, 0.25) is 32.1 Å². The maximum Gasteiger partial charge on any atom is 0.617 e. The highest BCUT2D eigenvalue weighted by Crippen LogP contribution is 2.80. The molecule has 0 aliphatic carbocycles. The molecular formula is C78H60N15P3+6. The van der Waals surface area contributed by atoms with Crippen molar-refractivity contribution in [1.29, 1.82) is 0 Å². The Hall–Kier alpha value is -11.1. The molecule has 0 fully saturated rings. The van der Waals surface area contributed by atoms with Crippen LogP contribution in [0, 0.1) is 0 Å². The zero-order chi connectivity index (χ0) is 63.4. The standard InChI is InChI=1S/C78H60N15P3/c1-7-31-55(32-8-1)73-79-61-43-19-25-49-67(61)88(73)94(89-68-50-26-20-44-62(68)80-74(89)56-33-9-2-10-34-56)85-95(90-69-51-27-21-45-63(69)81-75(90)57-35-11-3-12-36-57,91-70-52-28-22-46-64(70)82-76(91)58-37-13-4-14-38-58)87-96(86-94,92-71-53-29-23-47-65(71)83-77(92)59-39-15-5-16-40-59)93-72-54-30-24-48-66(72)84-78(93)60-41-17-6-18-42-60/h1-54,73-78H/q+6. The molecule has 6 unspecified atom stereocenters. The van der Waals surface area contributed by atoms with Crippen molar-refractivity contribution in [3.05, 3.63) is 425 Å². The molecule has 0 amide bonds. The fourth-order valence-electron chi connectivity index (χ4n) is 14.7. The SMILES string of the molecule is c1ccc(C2N=c3ccccc3=[N+]2P2([N+]3=c4ccccc4=NC3c3ccccc3)=NP([N+]3=c4ccccc4=NC3c3ccccc3)([N+]3=c4ccccc4=NC3c3ccccc3)=NP([N+]3=c4ccccc4=NC3c3ccccc3)([N+]3=c4ccccc4=NC3c3ccccc3)=N2)cc1. The molecule has 19 rings (SSSR count). The first-order valence-corrected chi connectivity index (χ1v) is 37.1. The Morgan fingerprint density at radius 2 is 0.302 bits per heavy atom. The maximum absolute atomic E-state index is 7.38. The van der Waals surface area contributed by atoms with E-state index in [1.165, 1.54) is 0 Å². The summed E-state index contributed by atoms with van der Waals surface area (Å²) in [6.07, 6.45) is -4.26. The van der Waals surface area contributed by atoms with Crippen LogP contribution in [0.2, 0.25) is 0 Å². The van der Waals surface area contributed by atoms with Crippen LogP contribution in [0.1, 0.15) is 70.4 Å². The van der Waals surface area contributed by atoms with Gasteiger partial charge in [-0.1, -0.05) is 281 Å². The van der Waals surface area contributed by atoms with Gasteiger partial charge in [0.05, 0.1) is 0 Å². The van der Waals surface area contributed by atoms with Crippen molar-refractivity contribution in [2.24, 2.45) is 43.5 Å². The lowest BCUT2D eigenvalue weighted by atomic mass is 10.2. The predicted octanol–water partition coefficient (Wildman–Crippen LogP) is 8.98. The van der Waals surface area contributed by atoms with E-state index in [1.54, 1.807) is 0 Å². The smallest absolute Gasteiger partial charge is 0.206 e. The average molecular weight is 1300 g/mol. The molecule has 0 saturated heterocycles. The Morgan fingerprint density at radius 3 is 0.458 bits per heavy atom. The fourth-order valence-corrected chi connectivity index (χ4v) is 30.3. The van der Waals surface area contributed by atoms with E-state index < -0.39 is 59.5 Å². The highest BCUT2D eigenvalue weighted by Gasteiger charge is 2.77. The number of para-hydroxylation sites is 12. The summed E-state index contributed by atoms with van der Waals surface area (Å²) in [5, 5.41) is 10.1. The van der Waals surface area contributed by atoms with Gasteiger partial charge in [0.25, 0.3) is 37.0 Å². The van der Waals surface area contributed by atoms with E-state index in [0.29, 0.717) is 0 Å². The van der Waals surface area contributed by atoms with Gasteiger partial charge in [-0.2, -0.15) is 0 Å². The highest BCUT2D eigenvalue weighted by molar-refractivity contribution is 7.84. The van der Waals surface area contributed by atoms with E-state index in [9.17, 15) is 0 Å². The lowest BCUT2D eigenvalue weighted by molar-refractivity contribution is 0.563. The summed E-state index contributed by atoms with van der Waals surface area (Å²) in [7, 11) is -13.1. The van der Waals surface area contributed by atoms with Crippen molar-refractivity contribution in [2.45, 2.75) is 37.0 Å². The van der Waals surface area contributed by atoms with Crippen LogP contribution in [0.15, 0.2) is 371 Å². The van der Waals surface area contributed by atoms with E-state index in [1.807, 2.05) is 0 Å². The second-order valence-corrected chi connectivity index (χ2v) is 32.3. The topological polar surface area (TPSA) is 129 Å². The minimum atomic E-state index is -4.37. The Morgan fingerprint density at radius 1 is 0.167 bits per heavy atom. The van der Waals surface area contributed by atoms with Gasteiger partial charge in [0.15, 0.2) is 0 Å². The molecule has 12 aromatic carbocycles. The molecule has 0 N–H and O–H groups in total. The molecule has 15 nitrogen and oxygen atoms in total. The minimum Gasteiger partial charge on any atom is -0.206 e. The molecule has 0 bridgehead atoms. The number of hydrogen-bond donors (Lipinski definition) is 0. The third-order valence-electron chi connectivity index (χ3n) is 18.8. The minimum absolute atomic E-state index is 0.711. The zero-order valence-corrected chi connectivity index (χ0v) is 54.4. The van der Waals surface area contributed by atoms with Crippen LogP contribution in [-0.2, 0) is 0 Å². The lowest BCUT2D eigenvalue weighted by Gasteiger charge is -2.27. The predicted molar refractivity (Wildman–Crippen MR) is 374 cm³/mol. The second-order valence-electron chi connectivity index (χ2n) is 24.4. The third-order valence-corrected chi connectivity index (χ3v) is 30.6. The summed E-state index contributed by atoms with van der Waals surface area (Å²) in [5.41, 5.74) is 5.80. The molecule has 7 aliphatic rings. The molecule has 0 aromatic heterocycles. The molecule has 7 aliphatic heterocycles. The van der Waals surface area contributed by atoms with Crippen LogP contribution in [-0.4, -0.2) is 0 Å². The first-order chi connectivity index (χ1) is 47.6. The molecule has 12 aromatic rings. The van der Waals surface area contributed by atoms with Crippen LogP contribution in [0.3, 0.4) is 0 Å². The van der Waals surface area contributed by atoms with Crippen molar-refractivity contribution < 1.29 is 0 Å². The van der Waals surface area contributed by atoms with Gasteiger partial charge < -0.3 is 0 Å². The van der Waals surface area contributed by atoms with Gasteiger partial charge in [-0.15, -0.1) is 0 Å². The summed E-state index contributed by atoms with van der Waals surface area (Å²) in [6, 6.07) is 116. The van der Waals surface area contributed by atoms with Crippen LogP contribution in [0.4, 0.5) is 0 Å². The van der Waals surface area contributed by atoms with Crippen LogP contribution in [0.25, 0.3) is 0 Å². The first kappa shape index (κ1) is 56.5. The van der Waals surface area contributed by atoms with Gasteiger partial charge in [-0.3, -0.25) is 0 Å². The summed E-state index contributed by atoms with van der Waals surface area (Å²) in [4.78, 5) is 35.8. The molecule has 6 atom stereocenters. The first-order valence-electron chi connectivity index (χ1n) is 32.3. The summed E-state index contributed by atoms with van der Waals surface area (Å²) in [5.74, 6) is 0. The van der Waals surface area contributed by atoms with Crippen molar-refractivity contribution in [1.82, 2.24) is 26.1 Å². The van der Waals surface area contributed by atoms with E-state index in [0.717, 1.165) is 97.7 Å². The van der Waals surface area contributed by atoms with Crippen molar-refractivity contribution in [2.75, 3.05) is 0 Å².